The highest BCUT2D eigenvalue weighted by Gasteiger charge is 2.27. The molecule has 1 aromatic heterocycles. The Hall–Kier alpha value is -3.19. The summed E-state index contributed by atoms with van der Waals surface area (Å²) in [5, 5.41) is 12.9. The van der Waals surface area contributed by atoms with E-state index in [9.17, 15) is 14.9 Å². The van der Waals surface area contributed by atoms with Crippen molar-refractivity contribution in [2.45, 2.75) is 6.42 Å². The molecule has 29 heavy (non-hydrogen) atoms. The number of aromatic nitrogens is 1. The van der Waals surface area contributed by atoms with Crippen LogP contribution in [0.25, 0.3) is 10.9 Å². The second-order valence-electron chi connectivity index (χ2n) is 6.90. The molecule has 7 nitrogen and oxygen atoms in total. The van der Waals surface area contributed by atoms with Crippen molar-refractivity contribution in [3.63, 3.8) is 0 Å². The van der Waals surface area contributed by atoms with Crippen LogP contribution >= 0.6 is 11.6 Å². The van der Waals surface area contributed by atoms with Gasteiger partial charge >= 0.3 is 5.69 Å². The summed E-state index contributed by atoms with van der Waals surface area (Å²) in [6, 6.07) is 14.3. The van der Waals surface area contributed by atoms with Crippen molar-refractivity contribution in [1.29, 1.82) is 0 Å². The molecule has 0 bridgehead atoms. The Morgan fingerprint density at radius 2 is 1.83 bits per heavy atom. The lowest BCUT2D eigenvalue weighted by molar-refractivity contribution is -0.382. The Labute approximate surface area is 172 Å². The Balaban J connectivity index is 1.50. The molecule has 0 radical (unpaired) electrons. The summed E-state index contributed by atoms with van der Waals surface area (Å²) in [5.74, 6) is 0.00922. The van der Waals surface area contributed by atoms with Crippen LogP contribution in [-0.4, -0.2) is 46.9 Å². The van der Waals surface area contributed by atoms with Gasteiger partial charge in [-0.25, -0.2) is 0 Å². The first kappa shape index (κ1) is 19.1. The number of pyridine rings is 1. The predicted octanol–water partition coefficient (Wildman–Crippen LogP) is 3.69. The minimum Gasteiger partial charge on any atom is -0.362 e. The second kappa shape index (κ2) is 8.05. The normalized spacial score (nSPS) is 14.2. The smallest absolute Gasteiger partial charge is 0.301 e. The molecule has 0 spiro atoms. The number of anilines is 1. The van der Waals surface area contributed by atoms with Crippen LogP contribution in [0.1, 0.15) is 5.56 Å². The van der Waals surface area contributed by atoms with Gasteiger partial charge in [-0.2, -0.15) is 0 Å². The van der Waals surface area contributed by atoms with Crippen molar-refractivity contribution in [1.82, 2.24) is 9.88 Å². The monoisotopic (exact) mass is 410 g/mol. The molecule has 0 aliphatic carbocycles. The van der Waals surface area contributed by atoms with E-state index in [-0.39, 0.29) is 22.9 Å². The quantitative estimate of drug-likeness (QED) is 0.484. The lowest BCUT2D eigenvalue weighted by Crippen LogP contribution is -2.49. The molecule has 148 valence electrons. The highest BCUT2D eigenvalue weighted by Crippen LogP contribution is 2.35. The Morgan fingerprint density at radius 3 is 2.55 bits per heavy atom. The molecule has 1 aliphatic heterocycles. The van der Waals surface area contributed by atoms with Crippen molar-refractivity contribution >= 4 is 39.8 Å². The summed E-state index contributed by atoms with van der Waals surface area (Å²) in [7, 11) is 0. The molecule has 0 saturated carbocycles. The third kappa shape index (κ3) is 3.86. The Kier molecular flexibility index (Phi) is 5.31. The van der Waals surface area contributed by atoms with E-state index in [1.54, 1.807) is 41.4 Å². The fourth-order valence-electron chi connectivity index (χ4n) is 3.69. The summed E-state index contributed by atoms with van der Waals surface area (Å²) < 4.78 is 0. The molecule has 1 fully saturated rings. The number of hydrogen-bond donors (Lipinski definition) is 0. The minimum absolute atomic E-state index is 0.00922. The summed E-state index contributed by atoms with van der Waals surface area (Å²) in [6.45, 7) is 2.07. The minimum atomic E-state index is -0.353. The van der Waals surface area contributed by atoms with Gasteiger partial charge in [0.2, 0.25) is 5.91 Å². The van der Waals surface area contributed by atoms with Crippen LogP contribution in [0.3, 0.4) is 0 Å². The molecule has 2 aromatic carbocycles. The summed E-state index contributed by atoms with van der Waals surface area (Å²) in [5.41, 5.74) is 2.02. The number of nitro groups is 1. The first-order chi connectivity index (χ1) is 14.0. The molecule has 0 N–H and O–H groups in total. The van der Waals surface area contributed by atoms with Crippen LogP contribution in [0, 0.1) is 10.1 Å². The van der Waals surface area contributed by atoms with Crippen molar-refractivity contribution in [3.05, 3.63) is 75.4 Å². The van der Waals surface area contributed by atoms with Gasteiger partial charge < -0.3 is 9.80 Å². The van der Waals surface area contributed by atoms with Gasteiger partial charge in [-0.15, -0.1) is 0 Å². The number of rotatable bonds is 4. The number of amides is 1. The van der Waals surface area contributed by atoms with E-state index in [1.165, 1.54) is 0 Å². The van der Waals surface area contributed by atoms with E-state index in [0.29, 0.717) is 47.8 Å². The molecule has 0 unspecified atom stereocenters. The number of fused-ring (bicyclic) bond motifs is 1. The van der Waals surface area contributed by atoms with Gasteiger partial charge in [-0.3, -0.25) is 19.9 Å². The fraction of sp³-hybridized carbons (Fsp3) is 0.238. The van der Waals surface area contributed by atoms with Crippen LogP contribution < -0.4 is 4.90 Å². The van der Waals surface area contributed by atoms with E-state index in [1.807, 2.05) is 23.1 Å². The van der Waals surface area contributed by atoms with Gasteiger partial charge in [-0.1, -0.05) is 29.8 Å². The zero-order chi connectivity index (χ0) is 20.4. The SMILES string of the molecule is O=C(Cc1ccccc1Cl)N1CCN(c2ccc3ncccc3c2[N+](=O)[O-])CC1. The second-order valence-corrected chi connectivity index (χ2v) is 7.30. The van der Waals surface area contributed by atoms with Gasteiger partial charge in [0, 0.05) is 37.4 Å². The first-order valence-electron chi connectivity index (χ1n) is 9.33. The zero-order valence-electron chi connectivity index (χ0n) is 15.6. The molecule has 1 saturated heterocycles. The number of carbonyl (C=O) groups is 1. The molecular weight excluding hydrogens is 392 g/mol. The third-order valence-corrected chi connectivity index (χ3v) is 5.56. The molecule has 8 heteroatoms. The molecule has 2 heterocycles. The average Bonchev–Trinajstić information content (AvgIpc) is 2.74. The predicted molar refractivity (Wildman–Crippen MR) is 112 cm³/mol. The zero-order valence-corrected chi connectivity index (χ0v) is 16.4. The van der Waals surface area contributed by atoms with E-state index in [4.69, 9.17) is 11.6 Å². The van der Waals surface area contributed by atoms with Crippen LogP contribution in [-0.2, 0) is 11.2 Å². The largest absolute Gasteiger partial charge is 0.362 e. The summed E-state index contributed by atoms with van der Waals surface area (Å²) in [4.78, 5) is 32.0. The van der Waals surface area contributed by atoms with Gasteiger partial charge in [-0.05, 0) is 35.9 Å². The van der Waals surface area contributed by atoms with Crippen molar-refractivity contribution in [2.24, 2.45) is 0 Å². The number of piperazine rings is 1. The average molecular weight is 411 g/mol. The molecule has 1 aliphatic rings. The van der Waals surface area contributed by atoms with E-state index in [2.05, 4.69) is 4.98 Å². The molecule has 1 amide bonds. The highest BCUT2D eigenvalue weighted by molar-refractivity contribution is 6.31. The molecular formula is C21H19ClN4O3. The maximum Gasteiger partial charge on any atom is 0.301 e. The Morgan fingerprint density at radius 1 is 1.07 bits per heavy atom. The van der Waals surface area contributed by atoms with Crippen LogP contribution in [0.15, 0.2) is 54.7 Å². The van der Waals surface area contributed by atoms with Crippen molar-refractivity contribution in [3.8, 4) is 0 Å². The number of benzene rings is 2. The highest BCUT2D eigenvalue weighted by atomic mass is 35.5. The van der Waals surface area contributed by atoms with Gasteiger partial charge in [0.15, 0.2) is 0 Å². The topological polar surface area (TPSA) is 79.6 Å². The lowest BCUT2D eigenvalue weighted by atomic mass is 10.1. The van der Waals surface area contributed by atoms with Crippen LogP contribution in [0.2, 0.25) is 5.02 Å². The number of nitro benzene ring substituents is 1. The van der Waals surface area contributed by atoms with Gasteiger partial charge in [0.25, 0.3) is 0 Å². The molecule has 3 aromatic rings. The van der Waals surface area contributed by atoms with Crippen molar-refractivity contribution in [2.75, 3.05) is 31.1 Å². The number of carbonyl (C=O) groups excluding carboxylic acids is 1. The van der Waals surface area contributed by atoms with Crippen LogP contribution in [0.5, 0.6) is 0 Å². The van der Waals surface area contributed by atoms with Crippen molar-refractivity contribution < 1.29 is 9.72 Å². The number of hydrogen-bond acceptors (Lipinski definition) is 5. The summed E-state index contributed by atoms with van der Waals surface area (Å²) >= 11 is 6.16. The fourth-order valence-corrected chi connectivity index (χ4v) is 3.89. The van der Waals surface area contributed by atoms with Gasteiger partial charge in [0.05, 0.1) is 22.2 Å². The van der Waals surface area contributed by atoms with E-state index >= 15 is 0 Å². The summed E-state index contributed by atoms with van der Waals surface area (Å²) in [6.07, 6.45) is 1.87. The maximum atomic E-state index is 12.6. The first-order valence-corrected chi connectivity index (χ1v) is 9.70. The molecule has 4 rings (SSSR count). The van der Waals surface area contributed by atoms with E-state index in [0.717, 1.165) is 5.56 Å². The van der Waals surface area contributed by atoms with Gasteiger partial charge in [0.1, 0.15) is 5.69 Å². The standard InChI is InChI=1S/C21H19ClN4O3/c22-17-6-2-1-4-15(17)14-20(27)25-12-10-24(11-13-25)19-8-7-18-16(5-3-9-23-18)21(19)26(28)29/h1-9H,10-14H2. The molecule has 0 atom stereocenters. The number of halogens is 1. The van der Waals surface area contributed by atoms with E-state index < -0.39 is 0 Å². The lowest BCUT2D eigenvalue weighted by Gasteiger charge is -2.36. The number of nitrogens with zero attached hydrogens (tertiary/aromatic N) is 4. The maximum absolute atomic E-state index is 12.6. The Bertz CT molecular complexity index is 1080. The van der Waals surface area contributed by atoms with Crippen LogP contribution in [0.4, 0.5) is 11.4 Å². The third-order valence-electron chi connectivity index (χ3n) is 5.19.